The quantitative estimate of drug-likeness (QED) is 0.825. The largest absolute Gasteiger partial charge is 0.396 e. The first kappa shape index (κ1) is 11.4. The van der Waals surface area contributed by atoms with Gasteiger partial charge in [0, 0.05) is 13.2 Å². The molecule has 1 aromatic rings. The van der Waals surface area contributed by atoms with E-state index < -0.39 is 0 Å². The highest BCUT2D eigenvalue weighted by molar-refractivity contribution is 9.10. The fourth-order valence-corrected chi connectivity index (χ4v) is 1.43. The van der Waals surface area contributed by atoms with Gasteiger partial charge in [-0.15, -0.1) is 0 Å². The van der Waals surface area contributed by atoms with Gasteiger partial charge in [0.1, 0.15) is 4.47 Å². The maximum absolute atomic E-state index is 11.6. The van der Waals surface area contributed by atoms with Gasteiger partial charge < -0.3 is 5.11 Å². The van der Waals surface area contributed by atoms with Gasteiger partial charge in [-0.1, -0.05) is 0 Å². The number of aryl methyl sites for hydroxylation is 2. The highest BCUT2D eigenvalue weighted by Crippen LogP contribution is 2.06. The second-order valence-corrected chi connectivity index (χ2v) is 3.87. The van der Waals surface area contributed by atoms with Crippen molar-refractivity contribution in [3.05, 3.63) is 26.8 Å². The van der Waals surface area contributed by atoms with E-state index in [4.69, 9.17) is 5.11 Å². The minimum absolute atomic E-state index is 0.0598. The lowest BCUT2D eigenvalue weighted by atomic mass is 10.3. The molecule has 0 atom stereocenters. The van der Waals surface area contributed by atoms with Crippen LogP contribution in [0.15, 0.2) is 15.6 Å². The molecule has 0 unspecified atom stereocenters. The molecule has 0 aliphatic carbocycles. The molecule has 0 saturated carbocycles. The third kappa shape index (κ3) is 2.65. The molecule has 0 spiro atoms. The predicted molar refractivity (Wildman–Crippen MR) is 57.3 cm³/mol. The van der Waals surface area contributed by atoms with Crippen LogP contribution in [-0.4, -0.2) is 21.3 Å². The van der Waals surface area contributed by atoms with Gasteiger partial charge in [-0.3, -0.25) is 9.36 Å². The summed E-state index contributed by atoms with van der Waals surface area (Å²) in [7, 11) is 0. The van der Waals surface area contributed by atoms with E-state index in [1.54, 1.807) is 17.8 Å². The first-order chi connectivity index (χ1) is 6.66. The minimum atomic E-state index is -0.0598. The van der Waals surface area contributed by atoms with E-state index in [9.17, 15) is 4.79 Å². The molecule has 5 heteroatoms. The summed E-state index contributed by atoms with van der Waals surface area (Å²) in [4.78, 5) is 15.7. The molecule has 0 fully saturated rings. The van der Waals surface area contributed by atoms with Crippen molar-refractivity contribution in [2.75, 3.05) is 6.61 Å². The molecule has 1 N–H and O–H groups in total. The van der Waals surface area contributed by atoms with Gasteiger partial charge in [-0.05, 0) is 35.7 Å². The number of hydrogen-bond acceptors (Lipinski definition) is 3. The molecule has 1 aromatic heterocycles. The summed E-state index contributed by atoms with van der Waals surface area (Å²) in [5.41, 5.74) is 0.642. The number of aromatic nitrogens is 2. The van der Waals surface area contributed by atoms with E-state index in [0.717, 1.165) is 6.42 Å². The maximum atomic E-state index is 11.6. The molecule has 0 radical (unpaired) electrons. The van der Waals surface area contributed by atoms with Crippen LogP contribution < -0.4 is 5.56 Å². The van der Waals surface area contributed by atoms with Crippen LogP contribution in [0.1, 0.15) is 18.5 Å². The summed E-state index contributed by atoms with van der Waals surface area (Å²) in [6.07, 6.45) is 3.03. The number of rotatable bonds is 4. The van der Waals surface area contributed by atoms with Crippen molar-refractivity contribution in [2.24, 2.45) is 0 Å². The monoisotopic (exact) mass is 260 g/mol. The zero-order valence-corrected chi connectivity index (χ0v) is 9.62. The number of nitrogens with zero attached hydrogens (tertiary/aromatic N) is 2. The second kappa shape index (κ2) is 5.26. The third-order valence-corrected chi connectivity index (χ3v) is 2.88. The third-order valence-electron chi connectivity index (χ3n) is 1.96. The molecule has 78 valence electrons. The molecule has 0 aliphatic rings. The van der Waals surface area contributed by atoms with E-state index in [1.165, 1.54) is 0 Å². The lowest BCUT2D eigenvalue weighted by Gasteiger charge is -2.05. The van der Waals surface area contributed by atoms with Gasteiger partial charge in [0.2, 0.25) is 0 Å². The Labute approximate surface area is 90.7 Å². The van der Waals surface area contributed by atoms with E-state index in [1.807, 2.05) is 0 Å². The Hall–Kier alpha value is -0.680. The van der Waals surface area contributed by atoms with Crippen LogP contribution in [0.25, 0.3) is 0 Å². The van der Waals surface area contributed by atoms with Crippen LogP contribution >= 0.6 is 15.9 Å². The first-order valence-electron chi connectivity index (χ1n) is 4.49. The van der Waals surface area contributed by atoms with Gasteiger partial charge in [0.05, 0.1) is 12.0 Å². The SMILES string of the molecule is Cc1ncn(CCCCO)c(=O)c1Br. The molecule has 0 bridgehead atoms. The van der Waals surface area contributed by atoms with Crippen molar-refractivity contribution >= 4 is 15.9 Å². The van der Waals surface area contributed by atoms with Crippen LogP contribution in [0.2, 0.25) is 0 Å². The van der Waals surface area contributed by atoms with Gasteiger partial charge >= 0.3 is 0 Å². The molecule has 0 aliphatic heterocycles. The highest BCUT2D eigenvalue weighted by Gasteiger charge is 2.04. The maximum Gasteiger partial charge on any atom is 0.267 e. The molecule has 4 nitrogen and oxygen atoms in total. The average Bonchev–Trinajstić information content (AvgIpc) is 2.18. The van der Waals surface area contributed by atoms with Crippen molar-refractivity contribution < 1.29 is 5.11 Å². The molecular weight excluding hydrogens is 248 g/mol. The zero-order valence-electron chi connectivity index (χ0n) is 8.03. The predicted octanol–water partition coefficient (Wildman–Crippen LogP) is 1.09. The summed E-state index contributed by atoms with van der Waals surface area (Å²) in [6, 6.07) is 0. The molecule has 1 rings (SSSR count). The minimum Gasteiger partial charge on any atom is -0.396 e. The van der Waals surface area contributed by atoms with Gasteiger partial charge in [-0.2, -0.15) is 0 Å². The summed E-state index contributed by atoms with van der Waals surface area (Å²) in [5, 5.41) is 8.60. The van der Waals surface area contributed by atoms with Crippen molar-refractivity contribution in [3.63, 3.8) is 0 Å². The van der Waals surface area contributed by atoms with Crippen LogP contribution in [0, 0.1) is 6.92 Å². The Kier molecular flexibility index (Phi) is 4.28. The Morgan fingerprint density at radius 1 is 1.57 bits per heavy atom. The van der Waals surface area contributed by atoms with E-state index in [0.29, 0.717) is 23.1 Å². The fraction of sp³-hybridized carbons (Fsp3) is 0.556. The summed E-state index contributed by atoms with van der Waals surface area (Å²) in [6.45, 7) is 2.55. The van der Waals surface area contributed by atoms with Crippen molar-refractivity contribution in [2.45, 2.75) is 26.3 Å². The summed E-state index contributed by atoms with van der Waals surface area (Å²) in [5.74, 6) is 0. The van der Waals surface area contributed by atoms with Crippen molar-refractivity contribution in [1.82, 2.24) is 9.55 Å². The number of aliphatic hydroxyl groups is 1. The molecule has 14 heavy (non-hydrogen) atoms. The smallest absolute Gasteiger partial charge is 0.267 e. The van der Waals surface area contributed by atoms with Crippen molar-refractivity contribution in [3.8, 4) is 0 Å². The van der Waals surface area contributed by atoms with Gasteiger partial charge in [0.25, 0.3) is 5.56 Å². The van der Waals surface area contributed by atoms with E-state index in [2.05, 4.69) is 20.9 Å². The average molecular weight is 261 g/mol. The van der Waals surface area contributed by atoms with Gasteiger partial charge in [-0.25, -0.2) is 4.98 Å². The normalized spacial score (nSPS) is 10.5. The summed E-state index contributed by atoms with van der Waals surface area (Å²) >= 11 is 3.19. The molecule has 0 saturated heterocycles. The molecule has 0 amide bonds. The van der Waals surface area contributed by atoms with Crippen LogP contribution in [-0.2, 0) is 6.54 Å². The first-order valence-corrected chi connectivity index (χ1v) is 5.28. The van der Waals surface area contributed by atoms with Crippen LogP contribution in [0.3, 0.4) is 0 Å². The Morgan fingerprint density at radius 2 is 2.29 bits per heavy atom. The van der Waals surface area contributed by atoms with Crippen molar-refractivity contribution in [1.29, 1.82) is 0 Å². The molecule has 1 heterocycles. The Bertz CT molecular complexity index is 362. The second-order valence-electron chi connectivity index (χ2n) is 3.07. The lowest BCUT2D eigenvalue weighted by molar-refractivity contribution is 0.281. The number of halogens is 1. The topological polar surface area (TPSA) is 55.1 Å². The molecular formula is C9H13BrN2O2. The zero-order chi connectivity index (χ0) is 10.6. The van der Waals surface area contributed by atoms with Gasteiger partial charge in [0.15, 0.2) is 0 Å². The standard InChI is InChI=1S/C9H13BrN2O2/c1-7-8(10)9(14)12(6-11-7)4-2-3-5-13/h6,13H,2-5H2,1H3. The number of aliphatic hydroxyl groups excluding tert-OH is 1. The summed E-state index contributed by atoms with van der Waals surface area (Å²) < 4.78 is 2.07. The number of hydrogen-bond donors (Lipinski definition) is 1. The fourth-order valence-electron chi connectivity index (χ4n) is 1.10. The lowest BCUT2D eigenvalue weighted by Crippen LogP contribution is -2.22. The van der Waals surface area contributed by atoms with Crippen LogP contribution in [0.4, 0.5) is 0 Å². The van der Waals surface area contributed by atoms with E-state index in [-0.39, 0.29) is 12.2 Å². The highest BCUT2D eigenvalue weighted by atomic mass is 79.9. The molecule has 0 aromatic carbocycles. The van der Waals surface area contributed by atoms with E-state index >= 15 is 0 Å². The van der Waals surface area contributed by atoms with Crippen LogP contribution in [0.5, 0.6) is 0 Å². The number of unbranched alkanes of at least 4 members (excludes halogenated alkanes) is 1. The Balaban J connectivity index is 2.79. The Morgan fingerprint density at radius 3 is 2.93 bits per heavy atom.